The normalized spacial score (nSPS) is 24.1. The van der Waals surface area contributed by atoms with Crippen molar-refractivity contribution < 1.29 is 54.1 Å². The van der Waals surface area contributed by atoms with Gasteiger partial charge >= 0.3 is 18.2 Å². The van der Waals surface area contributed by atoms with Crippen molar-refractivity contribution in [2.24, 2.45) is 17.8 Å². The van der Waals surface area contributed by atoms with Crippen LogP contribution in [0.1, 0.15) is 32.6 Å². The average molecular weight is 552 g/mol. The third-order valence-electron chi connectivity index (χ3n) is 6.57. The van der Waals surface area contributed by atoms with Crippen molar-refractivity contribution in [3.8, 4) is 22.6 Å². The Hall–Kier alpha value is -2.86. The van der Waals surface area contributed by atoms with Crippen molar-refractivity contribution in [1.29, 1.82) is 0 Å². The van der Waals surface area contributed by atoms with Gasteiger partial charge in [0.25, 0.3) is 0 Å². The molecule has 0 atom stereocenters. The van der Waals surface area contributed by atoms with Crippen LogP contribution in [0.4, 0.5) is 35.1 Å². The largest absolute Gasteiger partial charge is 0.432 e. The molecule has 0 spiro atoms. The Labute approximate surface area is 213 Å². The summed E-state index contributed by atoms with van der Waals surface area (Å²) in [5.74, 6) is -7.12. The summed E-state index contributed by atoms with van der Waals surface area (Å²) >= 11 is 0. The smallest absolute Gasteiger partial charge is 0.400 e. The summed E-state index contributed by atoms with van der Waals surface area (Å²) in [6.07, 6.45) is -5.77. The van der Waals surface area contributed by atoms with E-state index in [4.69, 9.17) is 14.2 Å². The predicted octanol–water partition coefficient (Wildman–Crippen LogP) is 7.97. The molecule has 4 rings (SSSR count). The van der Waals surface area contributed by atoms with Crippen molar-refractivity contribution in [1.82, 2.24) is 0 Å². The molecule has 1 heterocycles. The lowest BCUT2D eigenvalue weighted by Gasteiger charge is -2.38. The summed E-state index contributed by atoms with van der Waals surface area (Å²) in [6, 6.07) is 1.16. The van der Waals surface area contributed by atoms with Crippen LogP contribution in [0.25, 0.3) is 11.1 Å². The predicted molar refractivity (Wildman–Crippen MR) is 119 cm³/mol. The summed E-state index contributed by atoms with van der Waals surface area (Å²) in [5.41, 5.74) is -0.812. The van der Waals surface area contributed by atoms with Crippen LogP contribution in [0.3, 0.4) is 0 Å². The Morgan fingerprint density at radius 2 is 1.47 bits per heavy atom. The van der Waals surface area contributed by atoms with Gasteiger partial charge in [-0.25, -0.2) is 13.2 Å². The Balaban J connectivity index is 1.41. The Morgan fingerprint density at radius 3 is 2.03 bits per heavy atom. The molecule has 0 unspecified atom stereocenters. The van der Waals surface area contributed by atoms with Crippen LogP contribution in [0.15, 0.2) is 42.4 Å². The maximum atomic E-state index is 14.9. The van der Waals surface area contributed by atoms with E-state index < -0.39 is 70.5 Å². The zero-order valence-corrected chi connectivity index (χ0v) is 20.1. The summed E-state index contributed by atoms with van der Waals surface area (Å²) in [7, 11) is 0. The van der Waals surface area contributed by atoms with E-state index in [9.17, 15) is 35.1 Å². The second-order valence-electron chi connectivity index (χ2n) is 9.46. The molecule has 4 nitrogen and oxygen atoms in total. The fourth-order valence-corrected chi connectivity index (χ4v) is 4.59. The zero-order chi connectivity index (χ0) is 27.6. The molecular weight excluding hydrogens is 528 g/mol. The van der Waals surface area contributed by atoms with Crippen LogP contribution in [0.2, 0.25) is 0 Å². The highest BCUT2D eigenvalue weighted by Crippen LogP contribution is 2.42. The molecule has 12 heteroatoms. The van der Waals surface area contributed by atoms with E-state index in [0.717, 1.165) is 12.1 Å². The first kappa shape index (κ1) is 28.2. The molecule has 38 heavy (non-hydrogen) atoms. The van der Waals surface area contributed by atoms with E-state index in [-0.39, 0.29) is 24.7 Å². The topological polar surface area (TPSA) is 36.9 Å². The van der Waals surface area contributed by atoms with E-state index in [1.54, 1.807) is 0 Å². The summed E-state index contributed by atoms with van der Waals surface area (Å²) in [6.45, 7) is 3.09. The lowest BCUT2D eigenvalue weighted by atomic mass is 9.81. The molecule has 2 aromatic carbocycles. The fourth-order valence-electron chi connectivity index (χ4n) is 4.59. The number of hydrogen-bond acceptors (Lipinski definition) is 4. The highest BCUT2D eigenvalue weighted by Gasteiger charge is 2.45. The quantitative estimate of drug-likeness (QED) is 0.258. The van der Waals surface area contributed by atoms with Crippen molar-refractivity contribution in [2.75, 3.05) is 13.2 Å². The second-order valence-corrected chi connectivity index (χ2v) is 9.46. The number of halogens is 8. The van der Waals surface area contributed by atoms with Gasteiger partial charge < -0.3 is 18.9 Å². The van der Waals surface area contributed by atoms with Gasteiger partial charge in [0.15, 0.2) is 17.9 Å². The van der Waals surface area contributed by atoms with Crippen LogP contribution in [0.5, 0.6) is 11.5 Å². The zero-order valence-electron chi connectivity index (χ0n) is 20.1. The van der Waals surface area contributed by atoms with Crippen LogP contribution in [-0.4, -0.2) is 25.6 Å². The first-order valence-corrected chi connectivity index (χ1v) is 11.9. The lowest BCUT2D eigenvalue weighted by molar-refractivity contribution is -0.246. The molecule has 0 bridgehead atoms. The maximum absolute atomic E-state index is 14.9. The minimum atomic E-state index is -3.61. The van der Waals surface area contributed by atoms with Gasteiger partial charge in [0.1, 0.15) is 11.6 Å². The number of hydrogen-bond donors (Lipinski definition) is 0. The van der Waals surface area contributed by atoms with Gasteiger partial charge in [-0.05, 0) is 55.5 Å². The molecular formula is C26H24F8O4. The molecule has 1 aliphatic heterocycles. The number of alkyl halides is 2. The van der Waals surface area contributed by atoms with Crippen molar-refractivity contribution in [2.45, 2.75) is 45.0 Å². The fraction of sp³-hybridized carbons (Fsp3) is 0.462. The molecule has 1 saturated carbocycles. The lowest BCUT2D eigenvalue weighted by Crippen LogP contribution is -2.41. The molecule has 0 amide bonds. The van der Waals surface area contributed by atoms with Gasteiger partial charge in [-0.15, -0.1) is 0 Å². The van der Waals surface area contributed by atoms with Crippen molar-refractivity contribution >= 4 is 0 Å². The minimum Gasteiger partial charge on any atom is -0.432 e. The van der Waals surface area contributed by atoms with E-state index in [0.29, 0.717) is 44.3 Å². The molecule has 1 aliphatic carbocycles. The maximum Gasteiger partial charge on any atom is 0.400 e. The van der Waals surface area contributed by atoms with Gasteiger partial charge in [0.2, 0.25) is 5.75 Å². The molecule has 2 aliphatic rings. The first-order chi connectivity index (χ1) is 17.9. The van der Waals surface area contributed by atoms with E-state index >= 15 is 0 Å². The Morgan fingerprint density at radius 1 is 0.868 bits per heavy atom. The molecule has 2 aromatic rings. The van der Waals surface area contributed by atoms with E-state index in [2.05, 4.69) is 4.74 Å². The van der Waals surface area contributed by atoms with Crippen LogP contribution in [-0.2, 0) is 9.47 Å². The molecule has 0 radical (unpaired) electrons. The average Bonchev–Trinajstić information content (AvgIpc) is 2.86. The summed E-state index contributed by atoms with van der Waals surface area (Å²) < 4.78 is 130. The second kappa shape index (κ2) is 11.5. The number of benzene rings is 2. The highest BCUT2D eigenvalue weighted by molar-refractivity contribution is 5.66. The first-order valence-electron chi connectivity index (χ1n) is 11.9. The van der Waals surface area contributed by atoms with Gasteiger partial charge in [0, 0.05) is 23.5 Å². The monoisotopic (exact) mass is 552 g/mol. The minimum absolute atomic E-state index is 0.00707. The van der Waals surface area contributed by atoms with Crippen molar-refractivity contribution in [3.05, 3.63) is 59.9 Å². The van der Waals surface area contributed by atoms with Crippen LogP contribution >= 0.6 is 0 Å². The van der Waals surface area contributed by atoms with Gasteiger partial charge in [0.05, 0.1) is 19.1 Å². The summed E-state index contributed by atoms with van der Waals surface area (Å²) in [4.78, 5) is 0. The Bertz CT molecular complexity index is 1140. The SMILES string of the molecule is CC1COC(C2CCC(C(F)(F)Oc3ccc(-c4cc(F)c(OC(F)=C(F)F)c(F)c4)c(F)c3)CC2)OC1. The van der Waals surface area contributed by atoms with Crippen LogP contribution in [0, 0.1) is 35.2 Å². The molecule has 1 saturated heterocycles. The molecule has 0 N–H and O–H groups in total. The molecule has 208 valence electrons. The third-order valence-corrected chi connectivity index (χ3v) is 6.57. The third kappa shape index (κ3) is 6.40. The summed E-state index contributed by atoms with van der Waals surface area (Å²) in [5, 5.41) is 0. The highest BCUT2D eigenvalue weighted by atomic mass is 19.3. The molecule has 0 aromatic heterocycles. The Kier molecular flexibility index (Phi) is 8.51. The number of rotatable bonds is 7. The standard InChI is InChI=1S/C26H24F8O4/c1-13-11-35-25(36-12-13)14-2-4-16(5-3-14)26(33,34)38-17-6-7-18(19(27)10-17)15-8-20(28)22(21(29)9-15)37-24(32)23(30)31/h6-10,13-14,16,25H,2-5,11-12H2,1H3. The van der Waals surface area contributed by atoms with E-state index in [1.807, 2.05) is 6.92 Å². The number of ether oxygens (including phenoxy) is 4. The van der Waals surface area contributed by atoms with Crippen LogP contribution < -0.4 is 9.47 Å². The van der Waals surface area contributed by atoms with Gasteiger partial charge in [-0.1, -0.05) is 6.92 Å². The molecule has 2 fully saturated rings. The van der Waals surface area contributed by atoms with E-state index in [1.165, 1.54) is 0 Å². The van der Waals surface area contributed by atoms with Gasteiger partial charge in [-0.2, -0.15) is 22.0 Å². The van der Waals surface area contributed by atoms with Gasteiger partial charge in [-0.3, -0.25) is 0 Å². The van der Waals surface area contributed by atoms with Crippen molar-refractivity contribution in [3.63, 3.8) is 0 Å².